The summed E-state index contributed by atoms with van der Waals surface area (Å²) >= 11 is 12.0. The van der Waals surface area contributed by atoms with Gasteiger partial charge in [0.05, 0.1) is 10.0 Å². The van der Waals surface area contributed by atoms with Crippen molar-refractivity contribution >= 4 is 41.0 Å². The normalized spacial score (nSPS) is 23.9. The molecule has 6 nitrogen and oxygen atoms in total. The molecule has 1 atom stereocenters. The number of rotatable bonds is 4. The molecule has 2 aliphatic rings. The molecule has 0 spiro atoms. The molecule has 1 saturated heterocycles. The topological polar surface area (TPSA) is 78.5 Å². The molecule has 26 heavy (non-hydrogen) atoms. The molecular weight excluding hydrogens is 377 g/mol. The summed E-state index contributed by atoms with van der Waals surface area (Å²) in [5, 5.41) is 6.23. The van der Waals surface area contributed by atoms with Crippen molar-refractivity contribution in [2.45, 2.75) is 50.6 Å². The first-order valence-electron chi connectivity index (χ1n) is 8.70. The Labute approximate surface area is 162 Å². The monoisotopic (exact) mass is 397 g/mol. The molecule has 1 aliphatic carbocycles. The lowest BCUT2D eigenvalue weighted by atomic mass is 9.92. The Hall–Kier alpha value is -1.79. The molecular formula is C18H21Cl2N3O3. The molecule has 1 aromatic rings. The van der Waals surface area contributed by atoms with E-state index in [9.17, 15) is 14.4 Å². The second-order valence-electron chi connectivity index (χ2n) is 6.98. The number of carbonyl (C=O) groups excluding carboxylic acids is 3. The molecule has 0 aromatic heterocycles. The van der Waals surface area contributed by atoms with Crippen LogP contribution in [-0.2, 0) is 15.1 Å². The fraction of sp³-hybridized carbons (Fsp3) is 0.500. The molecule has 1 aromatic carbocycles. The van der Waals surface area contributed by atoms with Crippen molar-refractivity contribution in [3.63, 3.8) is 0 Å². The van der Waals surface area contributed by atoms with Gasteiger partial charge in [-0.05, 0) is 37.5 Å². The SMILES string of the molecule is CC1(c2ccc(Cl)c(Cl)c2)NC(=O)N(CC(=O)NC2CCCCC2)C1=O. The summed E-state index contributed by atoms with van der Waals surface area (Å²) in [5.74, 6) is -0.807. The zero-order valence-electron chi connectivity index (χ0n) is 14.5. The van der Waals surface area contributed by atoms with Crippen molar-refractivity contribution in [1.29, 1.82) is 0 Å². The van der Waals surface area contributed by atoms with E-state index in [2.05, 4.69) is 10.6 Å². The summed E-state index contributed by atoms with van der Waals surface area (Å²) in [6.45, 7) is 1.30. The van der Waals surface area contributed by atoms with Gasteiger partial charge < -0.3 is 10.6 Å². The van der Waals surface area contributed by atoms with Gasteiger partial charge in [-0.3, -0.25) is 14.5 Å². The highest BCUT2D eigenvalue weighted by Gasteiger charge is 2.49. The fourth-order valence-corrected chi connectivity index (χ4v) is 3.81. The number of imide groups is 1. The third kappa shape index (κ3) is 3.67. The maximum atomic E-state index is 12.8. The van der Waals surface area contributed by atoms with Crippen LogP contribution in [0.1, 0.15) is 44.6 Å². The van der Waals surface area contributed by atoms with E-state index < -0.39 is 17.5 Å². The summed E-state index contributed by atoms with van der Waals surface area (Å²) in [6, 6.07) is 4.29. The van der Waals surface area contributed by atoms with Crippen LogP contribution in [0.15, 0.2) is 18.2 Å². The predicted octanol–water partition coefficient (Wildman–Crippen LogP) is 3.21. The van der Waals surface area contributed by atoms with Gasteiger partial charge in [-0.15, -0.1) is 0 Å². The average molecular weight is 398 g/mol. The number of nitrogens with one attached hydrogen (secondary N) is 2. The lowest BCUT2D eigenvalue weighted by Gasteiger charge is -2.24. The first kappa shape index (κ1) is 19.0. The molecule has 0 bridgehead atoms. The highest BCUT2D eigenvalue weighted by molar-refractivity contribution is 6.42. The minimum absolute atomic E-state index is 0.124. The van der Waals surface area contributed by atoms with Crippen LogP contribution in [0.5, 0.6) is 0 Å². The summed E-state index contributed by atoms with van der Waals surface area (Å²) in [5.41, 5.74) is -0.767. The third-order valence-electron chi connectivity index (χ3n) is 5.04. The Morgan fingerprint density at radius 2 is 1.92 bits per heavy atom. The molecule has 8 heteroatoms. The number of hydrogen-bond acceptors (Lipinski definition) is 3. The number of benzene rings is 1. The van der Waals surface area contributed by atoms with Crippen LogP contribution >= 0.6 is 23.2 Å². The van der Waals surface area contributed by atoms with E-state index in [4.69, 9.17) is 23.2 Å². The minimum Gasteiger partial charge on any atom is -0.352 e. The highest BCUT2D eigenvalue weighted by atomic mass is 35.5. The molecule has 1 unspecified atom stereocenters. The van der Waals surface area contributed by atoms with Gasteiger partial charge in [0.25, 0.3) is 5.91 Å². The van der Waals surface area contributed by atoms with E-state index in [0.717, 1.165) is 30.6 Å². The van der Waals surface area contributed by atoms with Crippen LogP contribution < -0.4 is 10.6 Å². The zero-order valence-corrected chi connectivity index (χ0v) is 16.0. The van der Waals surface area contributed by atoms with Gasteiger partial charge in [-0.2, -0.15) is 0 Å². The number of halogens is 2. The lowest BCUT2D eigenvalue weighted by Crippen LogP contribution is -2.45. The molecule has 140 valence electrons. The minimum atomic E-state index is -1.28. The lowest BCUT2D eigenvalue weighted by molar-refractivity contribution is -0.135. The molecule has 1 heterocycles. The summed E-state index contributed by atoms with van der Waals surface area (Å²) in [6.07, 6.45) is 5.23. The second kappa shape index (κ2) is 7.45. The Morgan fingerprint density at radius 3 is 2.58 bits per heavy atom. The molecule has 1 saturated carbocycles. The van der Waals surface area contributed by atoms with Crippen molar-refractivity contribution < 1.29 is 14.4 Å². The van der Waals surface area contributed by atoms with E-state index in [1.54, 1.807) is 25.1 Å². The fourth-order valence-electron chi connectivity index (χ4n) is 3.51. The van der Waals surface area contributed by atoms with Gasteiger partial charge in [0, 0.05) is 6.04 Å². The van der Waals surface area contributed by atoms with E-state index >= 15 is 0 Å². The molecule has 4 amide bonds. The Kier molecular flexibility index (Phi) is 5.44. The smallest absolute Gasteiger partial charge is 0.325 e. The number of hydrogen-bond donors (Lipinski definition) is 2. The molecule has 1 aliphatic heterocycles. The van der Waals surface area contributed by atoms with Crippen LogP contribution in [0.2, 0.25) is 10.0 Å². The maximum Gasteiger partial charge on any atom is 0.325 e. The Morgan fingerprint density at radius 1 is 1.23 bits per heavy atom. The second-order valence-corrected chi connectivity index (χ2v) is 7.79. The summed E-state index contributed by atoms with van der Waals surface area (Å²) in [4.78, 5) is 38.4. The van der Waals surface area contributed by atoms with Gasteiger partial charge >= 0.3 is 6.03 Å². The van der Waals surface area contributed by atoms with E-state index in [0.29, 0.717) is 15.6 Å². The van der Waals surface area contributed by atoms with Gasteiger partial charge in [-0.1, -0.05) is 48.5 Å². The van der Waals surface area contributed by atoms with Crippen molar-refractivity contribution in [3.8, 4) is 0 Å². The van der Waals surface area contributed by atoms with Gasteiger partial charge in [0.15, 0.2) is 0 Å². The van der Waals surface area contributed by atoms with Crippen LogP contribution in [0.25, 0.3) is 0 Å². The van der Waals surface area contributed by atoms with Crippen LogP contribution in [0.3, 0.4) is 0 Å². The van der Waals surface area contributed by atoms with Crippen molar-refractivity contribution in [2.24, 2.45) is 0 Å². The van der Waals surface area contributed by atoms with E-state index in [-0.39, 0.29) is 18.5 Å². The Balaban J connectivity index is 1.71. The Bertz CT molecular complexity index is 749. The van der Waals surface area contributed by atoms with E-state index in [1.165, 1.54) is 6.42 Å². The van der Waals surface area contributed by atoms with Crippen molar-refractivity contribution in [1.82, 2.24) is 15.5 Å². The molecule has 2 fully saturated rings. The number of amides is 4. The van der Waals surface area contributed by atoms with E-state index in [1.807, 2.05) is 0 Å². The third-order valence-corrected chi connectivity index (χ3v) is 5.78. The van der Waals surface area contributed by atoms with Crippen molar-refractivity contribution in [2.75, 3.05) is 6.54 Å². The largest absolute Gasteiger partial charge is 0.352 e. The average Bonchev–Trinajstić information content (AvgIpc) is 2.82. The molecule has 3 rings (SSSR count). The first-order valence-corrected chi connectivity index (χ1v) is 9.46. The van der Waals surface area contributed by atoms with Crippen LogP contribution in [0.4, 0.5) is 4.79 Å². The predicted molar refractivity (Wildman–Crippen MR) is 99.1 cm³/mol. The number of carbonyl (C=O) groups is 3. The maximum absolute atomic E-state index is 12.8. The summed E-state index contributed by atoms with van der Waals surface area (Å²) in [7, 11) is 0. The van der Waals surface area contributed by atoms with Crippen molar-refractivity contribution in [3.05, 3.63) is 33.8 Å². The summed E-state index contributed by atoms with van der Waals surface area (Å²) < 4.78 is 0. The quantitative estimate of drug-likeness (QED) is 0.765. The van der Waals surface area contributed by atoms with Crippen LogP contribution in [-0.4, -0.2) is 35.3 Å². The molecule has 2 N–H and O–H groups in total. The molecule has 0 radical (unpaired) electrons. The van der Waals surface area contributed by atoms with Gasteiger partial charge in [0.1, 0.15) is 12.1 Å². The first-order chi connectivity index (χ1) is 12.3. The zero-order chi connectivity index (χ0) is 18.9. The van der Waals surface area contributed by atoms with Crippen LogP contribution in [0, 0.1) is 0 Å². The van der Waals surface area contributed by atoms with Gasteiger partial charge in [0.2, 0.25) is 5.91 Å². The number of nitrogens with zero attached hydrogens (tertiary/aromatic N) is 1. The van der Waals surface area contributed by atoms with Gasteiger partial charge in [-0.25, -0.2) is 4.79 Å². The highest BCUT2D eigenvalue weighted by Crippen LogP contribution is 2.32. The number of urea groups is 1. The standard InChI is InChI=1S/C18H21Cl2N3O3/c1-18(11-7-8-13(19)14(20)9-11)16(25)23(17(26)22-18)10-15(24)21-12-5-3-2-4-6-12/h7-9,12H,2-6,10H2,1H3,(H,21,24)(H,22,26).